The van der Waals surface area contributed by atoms with E-state index in [2.05, 4.69) is 0 Å². The van der Waals surface area contributed by atoms with Gasteiger partial charge in [-0.05, 0) is 35.2 Å². The molecule has 1 aliphatic carbocycles. The van der Waals surface area contributed by atoms with Crippen LogP contribution in [0.25, 0.3) is 10.1 Å². The van der Waals surface area contributed by atoms with Gasteiger partial charge >= 0.3 is 5.97 Å². The average molecular weight is 218 g/mol. The molecule has 1 aromatic heterocycles. The van der Waals surface area contributed by atoms with Crippen molar-refractivity contribution in [2.24, 2.45) is 0 Å². The molecule has 1 N–H and O–H groups in total. The standard InChI is InChI=1S/C12H10O2S/c13-11(14)12(5-6-12)9-7-15-10-4-2-1-3-8(9)10/h1-4,7H,5-6H2,(H,13,14). The Morgan fingerprint density at radius 1 is 1.33 bits per heavy atom. The first-order valence-electron chi connectivity index (χ1n) is 4.94. The van der Waals surface area contributed by atoms with Gasteiger partial charge in [0.15, 0.2) is 0 Å². The molecule has 0 atom stereocenters. The predicted molar refractivity (Wildman–Crippen MR) is 60.4 cm³/mol. The largest absolute Gasteiger partial charge is 0.481 e. The lowest BCUT2D eigenvalue weighted by Gasteiger charge is -2.07. The fourth-order valence-corrected chi connectivity index (χ4v) is 3.13. The Labute approximate surface area is 91.2 Å². The number of hydrogen-bond donors (Lipinski definition) is 1. The minimum Gasteiger partial charge on any atom is -0.481 e. The van der Waals surface area contributed by atoms with E-state index in [1.54, 1.807) is 11.3 Å². The van der Waals surface area contributed by atoms with E-state index in [9.17, 15) is 9.90 Å². The number of carboxylic acid groups (broad SMARTS) is 1. The van der Waals surface area contributed by atoms with Crippen LogP contribution >= 0.6 is 11.3 Å². The van der Waals surface area contributed by atoms with E-state index < -0.39 is 11.4 Å². The van der Waals surface area contributed by atoms with Gasteiger partial charge in [0.2, 0.25) is 0 Å². The van der Waals surface area contributed by atoms with E-state index in [4.69, 9.17) is 0 Å². The highest BCUT2D eigenvalue weighted by Crippen LogP contribution is 2.51. The molecule has 1 saturated carbocycles. The van der Waals surface area contributed by atoms with Gasteiger partial charge in [-0.2, -0.15) is 0 Å². The van der Waals surface area contributed by atoms with Gasteiger partial charge in [-0.15, -0.1) is 11.3 Å². The SMILES string of the molecule is O=C(O)C1(c2csc3ccccc23)CC1. The lowest BCUT2D eigenvalue weighted by molar-refractivity contribution is -0.139. The van der Waals surface area contributed by atoms with Crippen molar-refractivity contribution in [1.82, 2.24) is 0 Å². The van der Waals surface area contributed by atoms with E-state index in [0.717, 1.165) is 23.8 Å². The Bertz CT molecular complexity index is 537. The molecule has 1 fully saturated rings. The van der Waals surface area contributed by atoms with E-state index in [1.807, 2.05) is 29.6 Å². The summed E-state index contributed by atoms with van der Waals surface area (Å²) in [6.07, 6.45) is 1.56. The van der Waals surface area contributed by atoms with Crippen molar-refractivity contribution in [1.29, 1.82) is 0 Å². The molecule has 2 nitrogen and oxygen atoms in total. The molecule has 0 amide bonds. The Hall–Kier alpha value is -1.35. The summed E-state index contributed by atoms with van der Waals surface area (Å²) in [5, 5.41) is 12.4. The van der Waals surface area contributed by atoms with Gasteiger partial charge in [0, 0.05) is 4.70 Å². The molecule has 0 aliphatic heterocycles. The summed E-state index contributed by atoms with van der Waals surface area (Å²) in [6.45, 7) is 0. The summed E-state index contributed by atoms with van der Waals surface area (Å²) in [6, 6.07) is 8.02. The Kier molecular flexibility index (Phi) is 1.68. The fraction of sp³-hybridized carbons (Fsp3) is 0.250. The van der Waals surface area contributed by atoms with Crippen LogP contribution in [-0.2, 0) is 10.2 Å². The van der Waals surface area contributed by atoms with Crippen molar-refractivity contribution >= 4 is 27.4 Å². The highest BCUT2D eigenvalue weighted by molar-refractivity contribution is 7.17. The monoisotopic (exact) mass is 218 g/mol. The molecule has 1 aromatic carbocycles. The summed E-state index contributed by atoms with van der Waals surface area (Å²) in [5.74, 6) is -0.675. The first-order valence-corrected chi connectivity index (χ1v) is 5.82. The molecule has 0 saturated heterocycles. The third-order valence-corrected chi connectivity index (χ3v) is 4.12. The number of benzene rings is 1. The second-order valence-corrected chi connectivity index (χ2v) is 4.94. The molecule has 1 aliphatic rings. The van der Waals surface area contributed by atoms with Gasteiger partial charge < -0.3 is 5.11 Å². The first kappa shape index (κ1) is 8.92. The molecular weight excluding hydrogens is 208 g/mol. The highest BCUT2D eigenvalue weighted by atomic mass is 32.1. The zero-order valence-corrected chi connectivity index (χ0v) is 8.88. The van der Waals surface area contributed by atoms with Crippen LogP contribution in [0.3, 0.4) is 0 Å². The number of carboxylic acids is 1. The second kappa shape index (κ2) is 2.83. The number of rotatable bonds is 2. The third-order valence-electron chi connectivity index (χ3n) is 3.16. The van der Waals surface area contributed by atoms with Gasteiger partial charge in [0.1, 0.15) is 0 Å². The maximum Gasteiger partial charge on any atom is 0.314 e. The summed E-state index contributed by atoms with van der Waals surface area (Å²) in [5.41, 5.74) is 0.440. The minimum absolute atomic E-state index is 0.570. The van der Waals surface area contributed by atoms with Crippen molar-refractivity contribution in [3.8, 4) is 0 Å². The fourth-order valence-electron chi connectivity index (χ4n) is 2.07. The molecule has 3 heteroatoms. The molecule has 3 rings (SSSR count). The second-order valence-electron chi connectivity index (χ2n) is 4.03. The molecule has 0 spiro atoms. The quantitative estimate of drug-likeness (QED) is 0.841. The Balaban J connectivity index is 2.24. The van der Waals surface area contributed by atoms with Crippen LogP contribution in [0, 0.1) is 0 Å². The maximum atomic E-state index is 11.2. The molecule has 0 radical (unpaired) electrons. The third kappa shape index (κ3) is 1.13. The summed E-state index contributed by atoms with van der Waals surface area (Å²) >= 11 is 1.63. The zero-order chi connectivity index (χ0) is 10.5. The molecule has 0 unspecified atom stereocenters. The normalized spacial score (nSPS) is 17.9. The van der Waals surface area contributed by atoms with Crippen LogP contribution in [-0.4, -0.2) is 11.1 Å². The smallest absolute Gasteiger partial charge is 0.314 e. The van der Waals surface area contributed by atoms with Crippen molar-refractivity contribution in [3.05, 3.63) is 35.2 Å². The van der Waals surface area contributed by atoms with Crippen LogP contribution in [0.15, 0.2) is 29.6 Å². The van der Waals surface area contributed by atoms with Gasteiger partial charge in [-0.1, -0.05) is 18.2 Å². The highest BCUT2D eigenvalue weighted by Gasteiger charge is 2.52. The Morgan fingerprint density at radius 2 is 2.07 bits per heavy atom. The zero-order valence-electron chi connectivity index (χ0n) is 8.06. The molecule has 2 aromatic rings. The van der Waals surface area contributed by atoms with Crippen molar-refractivity contribution in [3.63, 3.8) is 0 Å². The average Bonchev–Trinajstić information content (AvgIpc) is 2.93. The van der Waals surface area contributed by atoms with Crippen molar-refractivity contribution < 1.29 is 9.90 Å². The van der Waals surface area contributed by atoms with Gasteiger partial charge in [-0.25, -0.2) is 0 Å². The molecule has 76 valence electrons. The van der Waals surface area contributed by atoms with E-state index in [0.29, 0.717) is 0 Å². The molecule has 15 heavy (non-hydrogen) atoms. The maximum absolute atomic E-state index is 11.2. The summed E-state index contributed by atoms with van der Waals surface area (Å²) < 4.78 is 1.18. The molecule has 0 bridgehead atoms. The molecule has 1 heterocycles. The number of aliphatic carboxylic acids is 1. The number of thiophene rings is 1. The predicted octanol–water partition coefficient (Wildman–Crippen LogP) is 3.02. The topological polar surface area (TPSA) is 37.3 Å². The minimum atomic E-state index is -0.675. The van der Waals surface area contributed by atoms with E-state index >= 15 is 0 Å². The number of fused-ring (bicyclic) bond motifs is 1. The van der Waals surface area contributed by atoms with Gasteiger partial charge in [0.05, 0.1) is 5.41 Å². The van der Waals surface area contributed by atoms with Gasteiger partial charge in [0.25, 0.3) is 0 Å². The van der Waals surface area contributed by atoms with Crippen LogP contribution in [0.1, 0.15) is 18.4 Å². The van der Waals surface area contributed by atoms with Crippen LogP contribution < -0.4 is 0 Å². The lowest BCUT2D eigenvalue weighted by Crippen LogP contribution is -2.18. The Morgan fingerprint density at radius 3 is 2.73 bits per heavy atom. The van der Waals surface area contributed by atoms with E-state index in [1.165, 1.54) is 4.70 Å². The van der Waals surface area contributed by atoms with Crippen LogP contribution in [0.5, 0.6) is 0 Å². The van der Waals surface area contributed by atoms with Crippen LogP contribution in [0.4, 0.5) is 0 Å². The lowest BCUT2D eigenvalue weighted by atomic mass is 9.96. The van der Waals surface area contributed by atoms with Crippen LogP contribution in [0.2, 0.25) is 0 Å². The summed E-state index contributed by atoms with van der Waals surface area (Å²) in [7, 11) is 0. The van der Waals surface area contributed by atoms with E-state index in [-0.39, 0.29) is 0 Å². The summed E-state index contributed by atoms with van der Waals surface area (Å²) in [4.78, 5) is 11.2. The number of carbonyl (C=O) groups is 1. The first-order chi connectivity index (χ1) is 7.24. The van der Waals surface area contributed by atoms with Gasteiger partial charge in [-0.3, -0.25) is 4.79 Å². The van der Waals surface area contributed by atoms with Crippen molar-refractivity contribution in [2.45, 2.75) is 18.3 Å². The number of hydrogen-bond acceptors (Lipinski definition) is 2. The molecular formula is C12H10O2S. The van der Waals surface area contributed by atoms with Crippen molar-refractivity contribution in [2.75, 3.05) is 0 Å².